The normalized spacial score (nSPS) is 11.4. The Morgan fingerprint density at radius 3 is 2.31 bits per heavy atom. The monoisotopic (exact) mass is 368 g/mol. The number of anilines is 2. The van der Waals surface area contributed by atoms with E-state index in [1.54, 1.807) is 30.3 Å². The van der Waals surface area contributed by atoms with Gasteiger partial charge in [-0.1, -0.05) is 47.7 Å². The number of ether oxygens (including phenoxy) is 1. The van der Waals surface area contributed by atoms with Gasteiger partial charge in [0.25, 0.3) is 5.91 Å². The Labute approximate surface area is 154 Å². The van der Waals surface area contributed by atoms with Crippen LogP contribution in [0.25, 0.3) is 0 Å². The predicted octanol–water partition coefficient (Wildman–Crippen LogP) is 2.93. The zero-order chi connectivity index (χ0) is 18.4. The lowest BCUT2D eigenvalue weighted by atomic mass is 10.2. The second-order valence-electron chi connectivity index (χ2n) is 5.23. The zero-order valence-electron chi connectivity index (χ0n) is 13.9. The molecule has 0 saturated carbocycles. The number of rotatable bonds is 6. The first-order valence-corrected chi connectivity index (χ1v) is 8.58. The van der Waals surface area contributed by atoms with Crippen molar-refractivity contribution in [2.24, 2.45) is 0 Å². The van der Waals surface area contributed by atoms with Crippen LogP contribution < -0.4 is 10.6 Å². The van der Waals surface area contributed by atoms with Crippen molar-refractivity contribution < 1.29 is 14.3 Å². The van der Waals surface area contributed by atoms with Crippen LogP contribution in [0.2, 0.25) is 0 Å². The highest BCUT2D eigenvalue weighted by atomic mass is 32.1. The molecule has 0 aliphatic rings. The molecule has 0 radical (unpaired) electrons. The third-order valence-electron chi connectivity index (χ3n) is 3.46. The van der Waals surface area contributed by atoms with Gasteiger partial charge in [0.15, 0.2) is 11.0 Å². The topological polar surface area (TPSA) is 93.2 Å². The van der Waals surface area contributed by atoms with Gasteiger partial charge in [-0.2, -0.15) is 0 Å². The Bertz CT molecular complexity index is 884. The van der Waals surface area contributed by atoms with E-state index in [1.165, 1.54) is 18.4 Å². The molecule has 7 nitrogen and oxygen atoms in total. The molecule has 0 fully saturated rings. The third-order valence-corrected chi connectivity index (χ3v) is 4.36. The van der Waals surface area contributed by atoms with Crippen molar-refractivity contribution in [3.8, 4) is 0 Å². The quantitative estimate of drug-likeness (QED) is 0.650. The summed E-state index contributed by atoms with van der Waals surface area (Å²) in [5.41, 5.74) is 1.28. The maximum atomic E-state index is 12.4. The lowest BCUT2D eigenvalue weighted by molar-refractivity contribution is -0.143. The highest BCUT2D eigenvalue weighted by Gasteiger charge is 2.28. The first-order chi connectivity index (χ1) is 12.7. The maximum absolute atomic E-state index is 12.4. The lowest BCUT2D eigenvalue weighted by Gasteiger charge is -2.13. The number of para-hydroxylation sites is 1. The Hall–Kier alpha value is -3.26. The molecule has 0 aliphatic heterocycles. The Balaban J connectivity index is 1.78. The van der Waals surface area contributed by atoms with Crippen LogP contribution in [0.5, 0.6) is 0 Å². The van der Waals surface area contributed by atoms with Crippen molar-refractivity contribution in [1.82, 2.24) is 15.5 Å². The number of carbonyl (C=O) groups excluding carboxylic acids is 2. The summed E-state index contributed by atoms with van der Waals surface area (Å²) in [7, 11) is 1.26. The molecule has 26 heavy (non-hydrogen) atoms. The van der Waals surface area contributed by atoms with E-state index in [0.29, 0.717) is 15.7 Å². The van der Waals surface area contributed by atoms with Crippen molar-refractivity contribution in [1.29, 1.82) is 0 Å². The molecule has 1 amide bonds. The van der Waals surface area contributed by atoms with Crippen LogP contribution in [0.1, 0.15) is 21.4 Å². The van der Waals surface area contributed by atoms with Crippen LogP contribution in [-0.2, 0) is 9.53 Å². The van der Waals surface area contributed by atoms with Crippen molar-refractivity contribution >= 4 is 34.0 Å². The summed E-state index contributed by atoms with van der Waals surface area (Å²) in [6.45, 7) is 0. The number of carbonyl (C=O) groups is 2. The minimum atomic E-state index is -1.03. The van der Waals surface area contributed by atoms with Gasteiger partial charge in [-0.05, 0) is 24.3 Å². The molecule has 0 saturated heterocycles. The summed E-state index contributed by atoms with van der Waals surface area (Å²) in [4.78, 5) is 24.5. The van der Waals surface area contributed by atoms with Crippen LogP contribution in [0.15, 0.2) is 60.7 Å². The van der Waals surface area contributed by atoms with Crippen LogP contribution in [0.4, 0.5) is 10.8 Å². The van der Waals surface area contributed by atoms with Crippen LogP contribution in [0.3, 0.4) is 0 Å². The fraction of sp³-hybridized carbons (Fsp3) is 0.111. The first kappa shape index (κ1) is 17.6. The van der Waals surface area contributed by atoms with Crippen LogP contribution in [0, 0.1) is 0 Å². The number of amides is 1. The minimum Gasteiger partial charge on any atom is -0.467 e. The molecule has 132 valence electrons. The number of benzene rings is 2. The van der Waals surface area contributed by atoms with Gasteiger partial charge >= 0.3 is 5.97 Å². The van der Waals surface area contributed by atoms with Gasteiger partial charge in [0.1, 0.15) is 0 Å². The van der Waals surface area contributed by atoms with E-state index < -0.39 is 17.9 Å². The fourth-order valence-corrected chi connectivity index (χ4v) is 2.99. The molecule has 2 aromatic carbocycles. The molecule has 0 unspecified atom stereocenters. The molecule has 1 aromatic heterocycles. The Morgan fingerprint density at radius 1 is 1.00 bits per heavy atom. The van der Waals surface area contributed by atoms with E-state index in [0.717, 1.165) is 5.69 Å². The van der Waals surface area contributed by atoms with Gasteiger partial charge in [0.05, 0.1) is 7.11 Å². The predicted molar refractivity (Wildman–Crippen MR) is 98.3 cm³/mol. The van der Waals surface area contributed by atoms with E-state index in [1.807, 2.05) is 30.3 Å². The van der Waals surface area contributed by atoms with Crippen LogP contribution >= 0.6 is 11.3 Å². The molecule has 0 aliphatic carbocycles. The summed E-state index contributed by atoms with van der Waals surface area (Å²) in [5, 5.41) is 14.6. The molecule has 0 bridgehead atoms. The number of nitrogens with one attached hydrogen (secondary N) is 2. The van der Waals surface area contributed by atoms with Gasteiger partial charge in [-0.15, -0.1) is 10.2 Å². The van der Waals surface area contributed by atoms with E-state index >= 15 is 0 Å². The van der Waals surface area contributed by atoms with E-state index in [-0.39, 0.29) is 0 Å². The van der Waals surface area contributed by atoms with Crippen molar-refractivity contribution in [3.63, 3.8) is 0 Å². The number of hydrogen-bond acceptors (Lipinski definition) is 7. The third kappa shape index (κ3) is 4.22. The molecule has 3 rings (SSSR count). The van der Waals surface area contributed by atoms with Crippen LogP contribution in [-0.4, -0.2) is 29.2 Å². The van der Waals surface area contributed by atoms with Crippen molar-refractivity contribution in [3.05, 3.63) is 71.2 Å². The molecule has 0 spiro atoms. The number of esters is 1. The van der Waals surface area contributed by atoms with Crippen molar-refractivity contribution in [2.75, 3.05) is 12.4 Å². The van der Waals surface area contributed by atoms with E-state index in [4.69, 9.17) is 4.74 Å². The Morgan fingerprint density at radius 2 is 1.65 bits per heavy atom. The second-order valence-corrected chi connectivity index (χ2v) is 6.24. The standard InChI is InChI=1S/C18H16N4O3S/c1-25-17(24)14(20-15(23)12-8-4-2-5-9-12)16-21-22-18(26-16)19-13-10-6-3-7-11-13/h2-11,14H,1H3,(H,19,22)(H,20,23)/t14-/m1/s1. The SMILES string of the molecule is COC(=O)[C@H](NC(=O)c1ccccc1)c1nnc(Nc2ccccc2)s1. The maximum Gasteiger partial charge on any atom is 0.335 e. The van der Waals surface area contributed by atoms with Gasteiger partial charge in [-0.3, -0.25) is 4.79 Å². The van der Waals surface area contributed by atoms with E-state index in [2.05, 4.69) is 20.8 Å². The van der Waals surface area contributed by atoms with Gasteiger partial charge in [0.2, 0.25) is 5.13 Å². The van der Waals surface area contributed by atoms with E-state index in [9.17, 15) is 9.59 Å². The molecular weight excluding hydrogens is 352 g/mol. The number of methoxy groups -OCH3 is 1. The molecule has 8 heteroatoms. The zero-order valence-corrected chi connectivity index (χ0v) is 14.7. The molecule has 2 N–H and O–H groups in total. The average Bonchev–Trinajstić information content (AvgIpc) is 3.15. The highest BCUT2D eigenvalue weighted by molar-refractivity contribution is 7.15. The van der Waals surface area contributed by atoms with Gasteiger partial charge < -0.3 is 15.4 Å². The average molecular weight is 368 g/mol. The largest absolute Gasteiger partial charge is 0.467 e. The minimum absolute atomic E-state index is 0.333. The number of aromatic nitrogens is 2. The lowest BCUT2D eigenvalue weighted by Crippen LogP contribution is -2.34. The molecular formula is C18H16N4O3S. The molecule has 1 atom stereocenters. The molecule has 1 heterocycles. The summed E-state index contributed by atoms with van der Waals surface area (Å²) < 4.78 is 4.80. The molecule has 3 aromatic rings. The summed E-state index contributed by atoms with van der Waals surface area (Å²) in [5.74, 6) is -1.01. The Kier molecular flexibility index (Phi) is 5.55. The number of nitrogens with zero attached hydrogens (tertiary/aromatic N) is 2. The van der Waals surface area contributed by atoms with Crippen molar-refractivity contribution in [2.45, 2.75) is 6.04 Å². The number of hydrogen-bond donors (Lipinski definition) is 2. The van der Waals surface area contributed by atoms with Gasteiger partial charge in [0, 0.05) is 11.3 Å². The summed E-state index contributed by atoms with van der Waals surface area (Å²) >= 11 is 1.17. The second kappa shape index (κ2) is 8.21. The fourth-order valence-electron chi connectivity index (χ4n) is 2.19. The highest BCUT2D eigenvalue weighted by Crippen LogP contribution is 2.25. The van der Waals surface area contributed by atoms with Gasteiger partial charge in [-0.25, -0.2) is 4.79 Å². The first-order valence-electron chi connectivity index (χ1n) is 7.76. The summed E-state index contributed by atoms with van der Waals surface area (Å²) in [6, 6.07) is 17.0. The summed E-state index contributed by atoms with van der Waals surface area (Å²) in [6.07, 6.45) is 0. The smallest absolute Gasteiger partial charge is 0.335 e.